The number of benzene rings is 2. The Labute approximate surface area is 188 Å². The molecule has 2 heterocycles. The molecule has 0 radical (unpaired) electrons. The molecule has 6 heteroatoms. The number of pyridine rings is 1. The highest BCUT2D eigenvalue weighted by molar-refractivity contribution is 6.07. The van der Waals surface area contributed by atoms with Gasteiger partial charge in [-0.1, -0.05) is 39.0 Å². The third-order valence-corrected chi connectivity index (χ3v) is 5.51. The highest BCUT2D eigenvalue weighted by atomic mass is 16.5. The average molecular weight is 430 g/mol. The lowest BCUT2D eigenvalue weighted by atomic mass is 9.87. The lowest BCUT2D eigenvalue weighted by molar-refractivity contribution is -0.118. The Bertz CT molecular complexity index is 1120. The van der Waals surface area contributed by atoms with Crippen molar-refractivity contribution in [3.63, 3.8) is 0 Å². The van der Waals surface area contributed by atoms with Crippen LogP contribution in [0, 0.1) is 0 Å². The second-order valence-electron chi connectivity index (χ2n) is 8.90. The summed E-state index contributed by atoms with van der Waals surface area (Å²) in [5, 5.41) is 2.86. The first-order valence-corrected chi connectivity index (χ1v) is 10.7. The summed E-state index contributed by atoms with van der Waals surface area (Å²) in [7, 11) is 0. The van der Waals surface area contributed by atoms with Crippen LogP contribution in [0.2, 0.25) is 0 Å². The summed E-state index contributed by atoms with van der Waals surface area (Å²) in [6.45, 7) is 6.97. The van der Waals surface area contributed by atoms with Gasteiger partial charge in [0.2, 0.25) is 0 Å². The number of nitrogens with one attached hydrogen (secondary N) is 1. The predicted molar refractivity (Wildman–Crippen MR) is 125 cm³/mol. The minimum Gasteiger partial charge on any atom is -0.484 e. The topological polar surface area (TPSA) is 71.5 Å². The SMILES string of the molecule is CC(C)(C)c1ccc(OCC(=O)Nc2ccc3c(c2)N(C(=O)c2cccnc2)CC3)cc1. The highest BCUT2D eigenvalue weighted by Crippen LogP contribution is 2.32. The van der Waals surface area contributed by atoms with Crippen molar-refractivity contribution >= 4 is 23.2 Å². The molecule has 1 aliphatic heterocycles. The standard InChI is InChI=1S/C26H27N3O3/c1-26(2,3)20-7-10-22(11-8-20)32-17-24(30)28-21-9-6-18-12-14-29(23(18)15-21)25(31)19-5-4-13-27-16-19/h4-11,13,15-16H,12,14,17H2,1-3H3,(H,28,30). The fourth-order valence-electron chi connectivity index (χ4n) is 3.71. The van der Waals surface area contributed by atoms with Gasteiger partial charge in [-0.2, -0.15) is 0 Å². The number of hydrogen-bond donors (Lipinski definition) is 1. The number of anilines is 2. The van der Waals surface area contributed by atoms with E-state index in [1.54, 1.807) is 29.4 Å². The molecule has 0 unspecified atom stereocenters. The monoisotopic (exact) mass is 429 g/mol. The van der Waals surface area contributed by atoms with Crippen LogP contribution in [0.1, 0.15) is 42.3 Å². The Hall–Kier alpha value is -3.67. The zero-order valence-electron chi connectivity index (χ0n) is 18.6. The molecule has 2 aromatic carbocycles. The number of aromatic nitrogens is 1. The summed E-state index contributed by atoms with van der Waals surface area (Å²) in [6.07, 6.45) is 3.99. The molecule has 1 N–H and O–H groups in total. The van der Waals surface area contributed by atoms with Crippen molar-refractivity contribution in [2.24, 2.45) is 0 Å². The molecule has 0 spiro atoms. The molecule has 4 rings (SSSR count). The van der Waals surface area contributed by atoms with Crippen LogP contribution in [0.4, 0.5) is 11.4 Å². The molecule has 164 valence electrons. The maximum Gasteiger partial charge on any atom is 0.262 e. The zero-order chi connectivity index (χ0) is 22.7. The molecule has 0 bridgehead atoms. The summed E-state index contributed by atoms with van der Waals surface area (Å²) < 4.78 is 5.63. The fourth-order valence-corrected chi connectivity index (χ4v) is 3.71. The summed E-state index contributed by atoms with van der Waals surface area (Å²) in [5.41, 5.74) is 4.34. The van der Waals surface area contributed by atoms with Gasteiger partial charge >= 0.3 is 0 Å². The average Bonchev–Trinajstić information content (AvgIpc) is 3.21. The maximum atomic E-state index is 12.9. The fraction of sp³-hybridized carbons (Fsp3) is 0.269. The summed E-state index contributed by atoms with van der Waals surface area (Å²) >= 11 is 0. The van der Waals surface area contributed by atoms with Crippen molar-refractivity contribution in [2.75, 3.05) is 23.4 Å². The van der Waals surface area contributed by atoms with E-state index in [9.17, 15) is 9.59 Å². The van der Waals surface area contributed by atoms with Crippen LogP contribution in [0.3, 0.4) is 0 Å². The highest BCUT2D eigenvalue weighted by Gasteiger charge is 2.26. The van der Waals surface area contributed by atoms with Gasteiger partial charge in [0.05, 0.1) is 5.56 Å². The molecular formula is C26H27N3O3. The maximum absolute atomic E-state index is 12.9. The van der Waals surface area contributed by atoms with Crippen molar-refractivity contribution in [1.29, 1.82) is 0 Å². The number of ether oxygens (including phenoxy) is 1. The molecule has 0 saturated heterocycles. The van der Waals surface area contributed by atoms with Gasteiger partial charge in [-0.3, -0.25) is 14.6 Å². The quantitative estimate of drug-likeness (QED) is 0.643. The van der Waals surface area contributed by atoms with E-state index >= 15 is 0 Å². The summed E-state index contributed by atoms with van der Waals surface area (Å²) in [6, 6.07) is 16.9. The smallest absolute Gasteiger partial charge is 0.262 e. The van der Waals surface area contributed by atoms with Crippen molar-refractivity contribution in [1.82, 2.24) is 4.98 Å². The first-order chi connectivity index (χ1) is 15.3. The van der Waals surface area contributed by atoms with Gasteiger partial charge < -0.3 is 15.0 Å². The number of amides is 2. The van der Waals surface area contributed by atoms with Gasteiger partial charge in [0.25, 0.3) is 11.8 Å². The van der Waals surface area contributed by atoms with Gasteiger partial charge in [0.1, 0.15) is 5.75 Å². The Kier molecular flexibility index (Phi) is 5.95. The van der Waals surface area contributed by atoms with E-state index in [0.717, 1.165) is 17.7 Å². The molecule has 2 amide bonds. The van der Waals surface area contributed by atoms with E-state index in [0.29, 0.717) is 23.5 Å². The second-order valence-corrected chi connectivity index (χ2v) is 8.90. The summed E-state index contributed by atoms with van der Waals surface area (Å²) in [5.74, 6) is 0.297. The minimum atomic E-state index is -0.256. The molecule has 0 saturated carbocycles. The Morgan fingerprint density at radius 1 is 1.09 bits per heavy atom. The molecule has 0 aliphatic carbocycles. The third-order valence-electron chi connectivity index (χ3n) is 5.51. The van der Waals surface area contributed by atoms with Crippen molar-refractivity contribution in [3.05, 3.63) is 83.7 Å². The van der Waals surface area contributed by atoms with Crippen LogP contribution in [-0.2, 0) is 16.6 Å². The van der Waals surface area contributed by atoms with E-state index in [2.05, 4.69) is 31.1 Å². The summed E-state index contributed by atoms with van der Waals surface area (Å²) in [4.78, 5) is 31.1. The van der Waals surface area contributed by atoms with E-state index < -0.39 is 0 Å². The first kappa shape index (κ1) is 21.6. The van der Waals surface area contributed by atoms with Gasteiger partial charge in [-0.05, 0) is 59.4 Å². The number of rotatable bonds is 5. The van der Waals surface area contributed by atoms with E-state index in [1.165, 1.54) is 5.56 Å². The molecule has 0 fully saturated rings. The van der Waals surface area contributed by atoms with E-state index in [4.69, 9.17) is 4.74 Å². The normalized spacial score (nSPS) is 12.9. The van der Waals surface area contributed by atoms with Gasteiger partial charge in [0.15, 0.2) is 6.61 Å². The number of nitrogens with zero attached hydrogens (tertiary/aromatic N) is 2. The molecule has 0 atom stereocenters. The molecular weight excluding hydrogens is 402 g/mol. The number of carbonyl (C=O) groups is 2. The van der Waals surface area contributed by atoms with Crippen molar-refractivity contribution in [2.45, 2.75) is 32.6 Å². The molecule has 1 aromatic heterocycles. The predicted octanol–water partition coefficient (Wildman–Crippen LogP) is 4.60. The lowest BCUT2D eigenvalue weighted by Crippen LogP contribution is -2.29. The zero-order valence-corrected chi connectivity index (χ0v) is 18.6. The van der Waals surface area contributed by atoms with Gasteiger partial charge in [-0.15, -0.1) is 0 Å². The Morgan fingerprint density at radius 3 is 2.56 bits per heavy atom. The Balaban J connectivity index is 1.39. The minimum absolute atomic E-state index is 0.0652. The molecule has 1 aliphatic rings. The van der Waals surface area contributed by atoms with Gasteiger partial charge in [-0.25, -0.2) is 0 Å². The molecule has 32 heavy (non-hydrogen) atoms. The van der Waals surface area contributed by atoms with Crippen LogP contribution in [0.25, 0.3) is 0 Å². The van der Waals surface area contributed by atoms with Crippen LogP contribution < -0.4 is 15.0 Å². The Morgan fingerprint density at radius 2 is 1.88 bits per heavy atom. The van der Waals surface area contributed by atoms with Crippen LogP contribution in [-0.4, -0.2) is 29.9 Å². The van der Waals surface area contributed by atoms with E-state index in [-0.39, 0.29) is 23.8 Å². The number of carbonyl (C=O) groups excluding carboxylic acids is 2. The second kappa shape index (κ2) is 8.83. The number of fused-ring (bicyclic) bond motifs is 1. The lowest BCUT2D eigenvalue weighted by Gasteiger charge is -2.19. The van der Waals surface area contributed by atoms with Gasteiger partial charge in [0, 0.05) is 30.3 Å². The van der Waals surface area contributed by atoms with Crippen molar-refractivity contribution < 1.29 is 14.3 Å². The van der Waals surface area contributed by atoms with Crippen molar-refractivity contribution in [3.8, 4) is 5.75 Å². The largest absolute Gasteiger partial charge is 0.484 e. The molecule has 3 aromatic rings. The van der Waals surface area contributed by atoms with E-state index in [1.807, 2.05) is 42.5 Å². The first-order valence-electron chi connectivity index (χ1n) is 10.7. The van der Waals surface area contributed by atoms with Crippen LogP contribution in [0.5, 0.6) is 5.75 Å². The van der Waals surface area contributed by atoms with Crippen LogP contribution in [0.15, 0.2) is 67.0 Å². The van der Waals surface area contributed by atoms with Crippen LogP contribution >= 0.6 is 0 Å². The number of hydrogen-bond acceptors (Lipinski definition) is 4. The third kappa shape index (κ3) is 4.80. The molecule has 6 nitrogen and oxygen atoms in total.